The smallest absolute Gasteiger partial charge is 0.313 e. The van der Waals surface area contributed by atoms with Crippen LogP contribution < -0.4 is 0 Å². The van der Waals surface area contributed by atoms with Gasteiger partial charge in [-0.1, -0.05) is 17.3 Å². The predicted octanol–water partition coefficient (Wildman–Crippen LogP) is 3.71. The van der Waals surface area contributed by atoms with Gasteiger partial charge in [0.25, 0.3) is 0 Å². The van der Waals surface area contributed by atoms with Crippen LogP contribution in [0.25, 0.3) is 11.3 Å². The fourth-order valence-corrected chi connectivity index (χ4v) is 4.66. The Balaban J connectivity index is 1.53. The third-order valence-electron chi connectivity index (χ3n) is 6.10. The van der Waals surface area contributed by atoms with Crippen LogP contribution in [0.1, 0.15) is 31.9 Å². The lowest BCUT2D eigenvalue weighted by atomic mass is 9.76. The Morgan fingerprint density at radius 1 is 1.40 bits per heavy atom. The molecule has 2 unspecified atom stereocenters. The summed E-state index contributed by atoms with van der Waals surface area (Å²) in [5, 5.41) is 4.11. The monoisotopic (exact) mass is 416 g/mol. The van der Waals surface area contributed by atoms with Crippen molar-refractivity contribution in [3.63, 3.8) is 0 Å². The Morgan fingerprint density at radius 3 is 3.07 bits per heavy atom. The van der Waals surface area contributed by atoms with Crippen molar-refractivity contribution in [3.05, 3.63) is 41.9 Å². The molecule has 7 heteroatoms. The summed E-state index contributed by atoms with van der Waals surface area (Å²) in [5.74, 6) is 0.640. The van der Waals surface area contributed by atoms with Crippen LogP contribution in [0.5, 0.6) is 0 Å². The van der Waals surface area contributed by atoms with Crippen molar-refractivity contribution < 1.29 is 23.2 Å². The number of halogens is 1. The van der Waals surface area contributed by atoms with E-state index < -0.39 is 5.41 Å². The molecule has 2 aliphatic rings. The van der Waals surface area contributed by atoms with Gasteiger partial charge in [0.15, 0.2) is 0 Å². The molecule has 0 bridgehead atoms. The maximum atomic E-state index is 13.6. The van der Waals surface area contributed by atoms with Gasteiger partial charge in [-0.05, 0) is 50.8 Å². The van der Waals surface area contributed by atoms with Gasteiger partial charge in [0.2, 0.25) is 0 Å². The first-order valence-electron chi connectivity index (χ1n) is 10.8. The van der Waals surface area contributed by atoms with Crippen molar-refractivity contribution in [3.8, 4) is 11.3 Å². The topological polar surface area (TPSA) is 64.8 Å². The fraction of sp³-hybridized carbons (Fsp3) is 0.565. The van der Waals surface area contributed by atoms with Crippen LogP contribution in [0.15, 0.2) is 34.9 Å². The Labute approximate surface area is 176 Å². The number of aromatic nitrogens is 1. The zero-order valence-electron chi connectivity index (χ0n) is 17.4. The van der Waals surface area contributed by atoms with Gasteiger partial charge < -0.3 is 18.9 Å². The van der Waals surface area contributed by atoms with E-state index in [9.17, 15) is 9.18 Å². The number of carbonyl (C=O) groups excluding carboxylic acids is 1. The largest absolute Gasteiger partial charge is 0.466 e. The molecule has 0 aliphatic carbocycles. The minimum Gasteiger partial charge on any atom is -0.466 e. The predicted molar refractivity (Wildman–Crippen MR) is 109 cm³/mol. The van der Waals surface area contributed by atoms with Crippen molar-refractivity contribution in [2.45, 2.75) is 32.6 Å². The summed E-state index contributed by atoms with van der Waals surface area (Å²) in [4.78, 5) is 15.4. The van der Waals surface area contributed by atoms with E-state index in [1.807, 2.05) is 6.92 Å². The van der Waals surface area contributed by atoms with Crippen LogP contribution in [-0.4, -0.2) is 55.5 Å². The molecule has 2 aliphatic heterocycles. The lowest BCUT2D eigenvalue weighted by Gasteiger charge is -2.41. The van der Waals surface area contributed by atoms with Crippen LogP contribution >= 0.6 is 0 Å². The van der Waals surface area contributed by atoms with E-state index in [1.165, 1.54) is 12.1 Å². The summed E-state index contributed by atoms with van der Waals surface area (Å²) in [7, 11) is 0. The van der Waals surface area contributed by atoms with E-state index in [4.69, 9.17) is 14.0 Å². The number of hydrogen-bond donors (Lipinski definition) is 0. The highest BCUT2D eigenvalue weighted by Gasteiger charge is 2.45. The Bertz CT molecular complexity index is 864. The minimum absolute atomic E-state index is 0.180. The molecular formula is C23H29FN2O4. The highest BCUT2D eigenvalue weighted by molar-refractivity contribution is 5.77. The van der Waals surface area contributed by atoms with Gasteiger partial charge in [0, 0.05) is 37.7 Å². The Kier molecular flexibility index (Phi) is 6.49. The maximum absolute atomic E-state index is 13.6. The lowest BCUT2D eigenvalue weighted by Crippen LogP contribution is -2.50. The van der Waals surface area contributed by atoms with Crippen LogP contribution in [0.2, 0.25) is 0 Å². The second kappa shape index (κ2) is 9.27. The normalized spacial score (nSPS) is 24.8. The molecule has 0 radical (unpaired) electrons. The second-order valence-electron chi connectivity index (χ2n) is 8.43. The average Bonchev–Trinajstić information content (AvgIpc) is 3.41. The van der Waals surface area contributed by atoms with Gasteiger partial charge in [-0.2, -0.15) is 0 Å². The summed E-state index contributed by atoms with van der Waals surface area (Å²) >= 11 is 0. The number of piperidine rings is 1. The number of hydrogen-bond acceptors (Lipinski definition) is 6. The number of likely N-dealkylation sites (tertiary alicyclic amines) is 1. The molecule has 0 spiro atoms. The van der Waals surface area contributed by atoms with E-state index in [0.717, 1.165) is 45.6 Å². The molecule has 2 fully saturated rings. The van der Waals surface area contributed by atoms with Gasteiger partial charge in [0.05, 0.1) is 18.6 Å². The molecule has 4 rings (SSSR count). The Morgan fingerprint density at radius 2 is 2.30 bits per heavy atom. The summed E-state index contributed by atoms with van der Waals surface area (Å²) < 4.78 is 30.1. The van der Waals surface area contributed by atoms with Gasteiger partial charge in [-0.3, -0.25) is 4.79 Å². The third-order valence-corrected chi connectivity index (χ3v) is 6.10. The number of nitrogens with zero attached hydrogens (tertiary/aromatic N) is 2. The number of rotatable bonds is 7. The molecule has 0 amide bonds. The fourth-order valence-electron chi connectivity index (χ4n) is 4.66. The SMILES string of the molecule is CCOC(=O)C1(Cc2cc(-c3cccc(F)c3)no2)CCCN(CC2CCOC2)C1. The van der Waals surface area contributed by atoms with Gasteiger partial charge in [-0.15, -0.1) is 0 Å². The molecule has 0 saturated carbocycles. The summed E-state index contributed by atoms with van der Waals surface area (Å²) in [6, 6.07) is 8.06. The summed E-state index contributed by atoms with van der Waals surface area (Å²) in [5.41, 5.74) is 0.563. The van der Waals surface area contributed by atoms with Crippen molar-refractivity contribution in [2.75, 3.05) is 39.5 Å². The molecule has 2 aromatic rings. The molecule has 30 heavy (non-hydrogen) atoms. The molecule has 1 aromatic carbocycles. The minimum atomic E-state index is -0.660. The standard InChI is InChI=1S/C23H29FN2O4/c1-2-29-22(27)23(8-4-9-26(16-23)14-17-7-10-28-15-17)13-20-12-21(25-30-20)18-5-3-6-19(24)11-18/h3,5-6,11-12,17H,2,4,7-10,13-16H2,1H3. The molecule has 162 valence electrons. The average molecular weight is 416 g/mol. The highest BCUT2D eigenvalue weighted by Crippen LogP contribution is 2.37. The first-order chi connectivity index (χ1) is 14.6. The molecule has 6 nitrogen and oxygen atoms in total. The van der Waals surface area contributed by atoms with E-state index in [1.54, 1.807) is 18.2 Å². The van der Waals surface area contributed by atoms with Gasteiger partial charge >= 0.3 is 5.97 Å². The molecular weight excluding hydrogens is 387 g/mol. The van der Waals surface area contributed by atoms with E-state index in [-0.39, 0.29) is 11.8 Å². The van der Waals surface area contributed by atoms with Crippen LogP contribution in [-0.2, 0) is 20.7 Å². The van der Waals surface area contributed by atoms with E-state index in [0.29, 0.717) is 42.5 Å². The zero-order valence-corrected chi connectivity index (χ0v) is 17.4. The molecule has 1 aromatic heterocycles. The third kappa shape index (κ3) is 4.73. The molecule has 3 heterocycles. The molecule has 0 N–H and O–H groups in total. The van der Waals surface area contributed by atoms with Crippen molar-refractivity contribution in [2.24, 2.45) is 11.3 Å². The second-order valence-corrected chi connectivity index (χ2v) is 8.43. The first-order valence-corrected chi connectivity index (χ1v) is 10.8. The first kappa shape index (κ1) is 21.0. The van der Waals surface area contributed by atoms with Crippen LogP contribution in [0.3, 0.4) is 0 Å². The van der Waals surface area contributed by atoms with E-state index >= 15 is 0 Å². The highest BCUT2D eigenvalue weighted by atomic mass is 19.1. The summed E-state index contributed by atoms with van der Waals surface area (Å²) in [6.07, 6.45) is 3.17. The lowest BCUT2D eigenvalue weighted by molar-refractivity contribution is -0.159. The molecule has 2 atom stereocenters. The zero-order chi connectivity index (χ0) is 21.0. The maximum Gasteiger partial charge on any atom is 0.313 e. The van der Waals surface area contributed by atoms with Gasteiger partial charge in [-0.25, -0.2) is 4.39 Å². The van der Waals surface area contributed by atoms with Crippen molar-refractivity contribution in [1.82, 2.24) is 10.1 Å². The van der Waals surface area contributed by atoms with Crippen LogP contribution in [0, 0.1) is 17.2 Å². The van der Waals surface area contributed by atoms with Gasteiger partial charge in [0.1, 0.15) is 17.3 Å². The van der Waals surface area contributed by atoms with E-state index in [2.05, 4.69) is 10.1 Å². The number of esters is 1. The molecule has 2 saturated heterocycles. The van der Waals surface area contributed by atoms with Crippen molar-refractivity contribution >= 4 is 5.97 Å². The summed E-state index contributed by atoms with van der Waals surface area (Å²) in [6.45, 7) is 6.35. The van der Waals surface area contributed by atoms with Crippen molar-refractivity contribution in [1.29, 1.82) is 0 Å². The number of ether oxygens (including phenoxy) is 2. The number of benzene rings is 1. The Hall–Kier alpha value is -2.25. The van der Waals surface area contributed by atoms with Crippen LogP contribution in [0.4, 0.5) is 4.39 Å². The quantitative estimate of drug-likeness (QED) is 0.641. The number of carbonyl (C=O) groups is 1.